The van der Waals surface area contributed by atoms with Crippen LogP contribution < -0.4 is 5.32 Å². The molecule has 1 heterocycles. The molecule has 1 aliphatic rings. The van der Waals surface area contributed by atoms with Gasteiger partial charge in [-0.15, -0.1) is 0 Å². The molecule has 1 aromatic heterocycles. The molecule has 29 heavy (non-hydrogen) atoms. The van der Waals surface area contributed by atoms with Crippen molar-refractivity contribution in [3.63, 3.8) is 0 Å². The lowest BCUT2D eigenvalue weighted by atomic mass is 10.2. The van der Waals surface area contributed by atoms with Gasteiger partial charge in [0.2, 0.25) is 0 Å². The smallest absolute Gasteiger partial charge is 0.340 e. The van der Waals surface area contributed by atoms with E-state index in [1.807, 2.05) is 18.4 Å². The van der Waals surface area contributed by atoms with E-state index in [2.05, 4.69) is 11.4 Å². The highest BCUT2D eigenvalue weighted by molar-refractivity contribution is 6.35. The van der Waals surface area contributed by atoms with E-state index in [0.717, 1.165) is 36.9 Å². The van der Waals surface area contributed by atoms with Gasteiger partial charge in [-0.05, 0) is 50.5 Å². The molecule has 0 spiro atoms. The Hall–Kier alpha value is -2.49. The number of benzene rings is 1. The van der Waals surface area contributed by atoms with Crippen molar-refractivity contribution in [2.24, 2.45) is 0 Å². The number of esters is 1. The lowest BCUT2D eigenvalue weighted by molar-refractivity contribution is -0.119. The zero-order chi connectivity index (χ0) is 21.1. The van der Waals surface area contributed by atoms with Crippen LogP contribution >= 0.6 is 23.2 Å². The SMILES string of the molecule is Cc1c(C#N)c(NC(=O)COC(=O)c2cc(Cl)ccc2Cl)n(C2CCCC2)c1C. The van der Waals surface area contributed by atoms with Crippen LogP contribution in [-0.4, -0.2) is 23.1 Å². The number of hydrogen-bond donors (Lipinski definition) is 1. The van der Waals surface area contributed by atoms with Crippen LogP contribution in [0.4, 0.5) is 5.82 Å². The zero-order valence-corrected chi connectivity index (χ0v) is 17.7. The Morgan fingerprint density at radius 1 is 1.28 bits per heavy atom. The van der Waals surface area contributed by atoms with Gasteiger partial charge in [-0.1, -0.05) is 36.0 Å². The van der Waals surface area contributed by atoms with E-state index in [1.54, 1.807) is 6.07 Å². The highest BCUT2D eigenvalue weighted by Crippen LogP contribution is 2.37. The summed E-state index contributed by atoms with van der Waals surface area (Å²) in [6.07, 6.45) is 4.25. The van der Waals surface area contributed by atoms with Gasteiger partial charge in [0.15, 0.2) is 6.61 Å². The highest BCUT2D eigenvalue weighted by Gasteiger charge is 2.27. The van der Waals surface area contributed by atoms with Gasteiger partial charge >= 0.3 is 5.97 Å². The number of carbonyl (C=O) groups excluding carboxylic acids is 2. The number of ether oxygens (including phenoxy) is 1. The molecule has 1 saturated carbocycles. The number of nitrogens with one attached hydrogen (secondary N) is 1. The molecular formula is C21H21Cl2N3O3. The van der Waals surface area contributed by atoms with Crippen LogP contribution in [0.25, 0.3) is 0 Å². The summed E-state index contributed by atoms with van der Waals surface area (Å²) < 4.78 is 7.12. The Bertz CT molecular complexity index is 1000. The molecule has 6 nitrogen and oxygen atoms in total. The number of carbonyl (C=O) groups is 2. The van der Waals surface area contributed by atoms with Crippen molar-refractivity contribution in [3.05, 3.63) is 50.6 Å². The summed E-state index contributed by atoms with van der Waals surface area (Å²) in [4.78, 5) is 24.7. The molecule has 3 rings (SSSR count). The van der Waals surface area contributed by atoms with Crippen LogP contribution in [0.2, 0.25) is 10.0 Å². The van der Waals surface area contributed by atoms with Gasteiger partial charge in [-0.3, -0.25) is 4.79 Å². The van der Waals surface area contributed by atoms with Gasteiger partial charge in [0, 0.05) is 16.8 Å². The van der Waals surface area contributed by atoms with E-state index >= 15 is 0 Å². The van der Waals surface area contributed by atoms with Crippen molar-refractivity contribution in [1.29, 1.82) is 5.26 Å². The Kier molecular flexibility index (Phi) is 6.51. The standard InChI is InChI=1S/C21H21Cl2N3O3/c1-12-13(2)26(15-5-3-4-6-15)20(17(12)10-24)25-19(27)11-29-21(28)16-9-14(22)7-8-18(16)23/h7-9,15H,3-6,11H2,1-2H3,(H,25,27). The number of nitriles is 1. The minimum atomic E-state index is -0.744. The average Bonchev–Trinajstić information content (AvgIpc) is 3.29. The summed E-state index contributed by atoms with van der Waals surface area (Å²) in [7, 11) is 0. The predicted molar refractivity (Wildman–Crippen MR) is 112 cm³/mol. The maximum atomic E-state index is 12.5. The van der Waals surface area contributed by atoms with Gasteiger partial charge in [-0.2, -0.15) is 5.26 Å². The number of rotatable bonds is 5. The van der Waals surface area contributed by atoms with E-state index in [0.29, 0.717) is 16.4 Å². The molecule has 0 saturated heterocycles. The summed E-state index contributed by atoms with van der Waals surface area (Å²) >= 11 is 11.9. The number of hydrogen-bond acceptors (Lipinski definition) is 4. The number of amides is 1. The molecule has 152 valence electrons. The zero-order valence-electron chi connectivity index (χ0n) is 16.2. The fraction of sp³-hybridized carbons (Fsp3) is 0.381. The normalized spacial score (nSPS) is 13.9. The summed E-state index contributed by atoms with van der Waals surface area (Å²) in [6, 6.07) is 6.86. The molecule has 1 fully saturated rings. The second-order valence-electron chi connectivity index (χ2n) is 7.10. The minimum absolute atomic E-state index is 0.0886. The predicted octanol–water partition coefficient (Wildman–Crippen LogP) is 5.19. The largest absolute Gasteiger partial charge is 0.452 e. The number of anilines is 1. The Balaban J connectivity index is 1.75. The van der Waals surface area contributed by atoms with E-state index < -0.39 is 18.5 Å². The number of halogens is 2. The van der Waals surface area contributed by atoms with Crippen LogP contribution in [0.5, 0.6) is 0 Å². The minimum Gasteiger partial charge on any atom is -0.452 e. The summed E-state index contributed by atoms with van der Waals surface area (Å²) in [5, 5.41) is 12.9. The molecule has 1 aliphatic carbocycles. The van der Waals surface area contributed by atoms with Crippen molar-refractivity contribution in [3.8, 4) is 6.07 Å². The van der Waals surface area contributed by atoms with Gasteiger partial charge in [0.05, 0.1) is 16.1 Å². The third kappa shape index (κ3) is 4.42. The molecule has 0 atom stereocenters. The van der Waals surface area contributed by atoms with Gasteiger partial charge in [0.25, 0.3) is 5.91 Å². The van der Waals surface area contributed by atoms with Crippen molar-refractivity contribution >= 4 is 40.9 Å². The first-order valence-electron chi connectivity index (χ1n) is 9.37. The Labute approximate surface area is 179 Å². The summed E-state index contributed by atoms with van der Waals surface area (Å²) in [5.74, 6) is -0.798. The van der Waals surface area contributed by atoms with E-state index in [9.17, 15) is 14.9 Å². The fourth-order valence-electron chi connectivity index (χ4n) is 3.74. The van der Waals surface area contributed by atoms with Crippen molar-refractivity contribution in [1.82, 2.24) is 4.57 Å². The maximum Gasteiger partial charge on any atom is 0.340 e. The molecule has 8 heteroatoms. The van der Waals surface area contributed by atoms with Gasteiger partial charge < -0.3 is 14.6 Å². The molecule has 0 radical (unpaired) electrons. The van der Waals surface area contributed by atoms with Crippen LogP contribution in [0.3, 0.4) is 0 Å². The summed E-state index contributed by atoms with van der Waals surface area (Å²) in [6.45, 7) is 3.32. The third-order valence-electron chi connectivity index (χ3n) is 5.30. The quantitative estimate of drug-likeness (QED) is 0.656. The van der Waals surface area contributed by atoms with Crippen LogP contribution in [0.15, 0.2) is 18.2 Å². The molecule has 0 bridgehead atoms. The van der Waals surface area contributed by atoms with E-state index in [-0.39, 0.29) is 16.6 Å². The molecule has 0 unspecified atom stereocenters. The maximum absolute atomic E-state index is 12.5. The molecule has 1 N–H and O–H groups in total. The van der Waals surface area contributed by atoms with Crippen molar-refractivity contribution in [2.45, 2.75) is 45.6 Å². The summed E-state index contributed by atoms with van der Waals surface area (Å²) in [5.41, 5.74) is 2.33. The van der Waals surface area contributed by atoms with Crippen LogP contribution in [0.1, 0.15) is 58.9 Å². The molecule has 0 aliphatic heterocycles. The van der Waals surface area contributed by atoms with Crippen molar-refractivity contribution < 1.29 is 14.3 Å². The Morgan fingerprint density at radius 2 is 1.97 bits per heavy atom. The average molecular weight is 434 g/mol. The molecule has 1 aromatic carbocycles. The lowest BCUT2D eigenvalue weighted by Crippen LogP contribution is -2.24. The number of aromatic nitrogens is 1. The second-order valence-corrected chi connectivity index (χ2v) is 7.95. The van der Waals surface area contributed by atoms with Crippen LogP contribution in [0, 0.1) is 25.2 Å². The third-order valence-corrected chi connectivity index (χ3v) is 5.86. The monoisotopic (exact) mass is 433 g/mol. The first-order valence-corrected chi connectivity index (χ1v) is 10.1. The van der Waals surface area contributed by atoms with Gasteiger partial charge in [-0.25, -0.2) is 4.79 Å². The highest BCUT2D eigenvalue weighted by atomic mass is 35.5. The lowest BCUT2D eigenvalue weighted by Gasteiger charge is -2.19. The topological polar surface area (TPSA) is 84.1 Å². The van der Waals surface area contributed by atoms with Crippen LogP contribution in [-0.2, 0) is 9.53 Å². The molecule has 1 amide bonds. The van der Waals surface area contributed by atoms with E-state index in [4.69, 9.17) is 27.9 Å². The molecule has 2 aromatic rings. The Morgan fingerprint density at radius 3 is 2.62 bits per heavy atom. The fourth-order valence-corrected chi connectivity index (χ4v) is 4.10. The van der Waals surface area contributed by atoms with Gasteiger partial charge in [0.1, 0.15) is 11.9 Å². The second kappa shape index (κ2) is 8.89. The first kappa shape index (κ1) is 21.2. The molecular weight excluding hydrogens is 413 g/mol. The van der Waals surface area contributed by atoms with Crippen molar-refractivity contribution in [2.75, 3.05) is 11.9 Å². The first-order chi connectivity index (χ1) is 13.8. The van der Waals surface area contributed by atoms with E-state index in [1.165, 1.54) is 12.1 Å². The number of nitrogens with zero attached hydrogens (tertiary/aromatic N) is 2.